The number of guanidine groups is 1. The minimum atomic E-state index is -3.21. The van der Waals surface area contributed by atoms with Crippen LogP contribution in [0.3, 0.4) is 0 Å². The monoisotopic (exact) mass is 568 g/mol. The first kappa shape index (κ1) is 26.8. The number of thiazole rings is 1. The number of sulfone groups is 1. The lowest BCUT2D eigenvalue weighted by atomic mass is 9.93. The Labute approximate surface area is 199 Å². The minimum absolute atomic E-state index is 0. The first-order valence-corrected chi connectivity index (χ1v) is 12.3. The maximum atomic E-state index is 13.6. The summed E-state index contributed by atoms with van der Waals surface area (Å²) < 4.78 is 36.9. The van der Waals surface area contributed by atoms with E-state index in [9.17, 15) is 12.8 Å². The summed E-state index contributed by atoms with van der Waals surface area (Å²) in [7, 11) is -1.56. The van der Waals surface area contributed by atoms with Gasteiger partial charge in [0, 0.05) is 43.6 Å². The van der Waals surface area contributed by atoms with Crippen molar-refractivity contribution in [2.45, 2.75) is 44.9 Å². The van der Waals surface area contributed by atoms with Crippen molar-refractivity contribution in [2.24, 2.45) is 4.99 Å². The van der Waals surface area contributed by atoms with E-state index in [1.54, 1.807) is 18.4 Å². The zero-order valence-electron chi connectivity index (χ0n) is 18.0. The van der Waals surface area contributed by atoms with Crippen LogP contribution in [0.4, 0.5) is 4.39 Å². The van der Waals surface area contributed by atoms with Crippen LogP contribution in [0.25, 0.3) is 0 Å². The first-order valence-electron chi connectivity index (χ1n) is 9.32. The SMILES string of the molecule is CN=C(NCCc1nc(C(C)(C)C)cs1)NCc1cc(F)ccc1CS(C)(=O)=O.I. The number of aliphatic imine (C=N–C) groups is 1. The fourth-order valence-electron chi connectivity index (χ4n) is 2.64. The van der Waals surface area contributed by atoms with E-state index in [-0.39, 0.29) is 41.7 Å². The molecule has 0 aliphatic carbocycles. The van der Waals surface area contributed by atoms with Gasteiger partial charge in [-0.3, -0.25) is 4.99 Å². The average Bonchev–Trinajstić information content (AvgIpc) is 3.08. The molecule has 0 aliphatic rings. The maximum absolute atomic E-state index is 13.6. The quantitative estimate of drug-likeness (QED) is 0.303. The van der Waals surface area contributed by atoms with Crippen molar-refractivity contribution in [3.05, 3.63) is 51.2 Å². The summed E-state index contributed by atoms with van der Waals surface area (Å²) in [5, 5.41) is 9.47. The highest BCUT2D eigenvalue weighted by atomic mass is 127. The first-order chi connectivity index (χ1) is 13.5. The van der Waals surface area contributed by atoms with Crippen LogP contribution in [0, 0.1) is 5.82 Å². The van der Waals surface area contributed by atoms with Crippen LogP contribution in [0.5, 0.6) is 0 Å². The standard InChI is InChI=1S/C20H29FN4O2S2.HI/c1-20(2,3)17-12-28-18(25-17)8-9-23-19(22-4)24-11-15-10-16(21)7-6-14(15)13-29(5,26)27;/h6-7,10,12H,8-9,11,13H2,1-5H3,(H2,22,23,24);1H. The zero-order chi connectivity index (χ0) is 21.7. The molecule has 168 valence electrons. The third-order valence-electron chi connectivity index (χ3n) is 4.21. The normalized spacial score (nSPS) is 12.4. The summed E-state index contributed by atoms with van der Waals surface area (Å²) in [6.07, 6.45) is 1.93. The molecule has 10 heteroatoms. The van der Waals surface area contributed by atoms with Crippen LogP contribution < -0.4 is 10.6 Å². The van der Waals surface area contributed by atoms with Gasteiger partial charge in [0.05, 0.1) is 16.5 Å². The molecular formula is C20H30FIN4O2S2. The zero-order valence-corrected chi connectivity index (χ0v) is 21.9. The second-order valence-corrected chi connectivity index (χ2v) is 11.0. The fraction of sp³-hybridized carbons (Fsp3) is 0.500. The molecule has 6 nitrogen and oxygen atoms in total. The Morgan fingerprint density at radius 2 is 1.93 bits per heavy atom. The Kier molecular flexibility index (Phi) is 10.2. The number of aromatic nitrogens is 1. The van der Waals surface area contributed by atoms with Crippen molar-refractivity contribution in [1.29, 1.82) is 0 Å². The summed E-state index contributed by atoms with van der Waals surface area (Å²) in [6.45, 7) is 7.34. The fourth-order valence-corrected chi connectivity index (χ4v) is 4.51. The molecule has 2 N–H and O–H groups in total. The van der Waals surface area contributed by atoms with Crippen molar-refractivity contribution in [1.82, 2.24) is 15.6 Å². The third kappa shape index (κ3) is 8.84. The highest BCUT2D eigenvalue weighted by molar-refractivity contribution is 14.0. The maximum Gasteiger partial charge on any atom is 0.191 e. The van der Waals surface area contributed by atoms with Gasteiger partial charge < -0.3 is 10.6 Å². The predicted octanol–water partition coefficient (Wildman–Crippen LogP) is 3.65. The average molecular weight is 569 g/mol. The van der Waals surface area contributed by atoms with E-state index in [4.69, 9.17) is 0 Å². The number of rotatable bonds is 7. The van der Waals surface area contributed by atoms with Crippen LogP contribution in [0.1, 0.15) is 42.6 Å². The summed E-state index contributed by atoms with van der Waals surface area (Å²) in [5.74, 6) is 0.0313. The van der Waals surface area contributed by atoms with Gasteiger partial charge in [-0.1, -0.05) is 26.8 Å². The molecule has 2 aromatic rings. The smallest absolute Gasteiger partial charge is 0.191 e. The Morgan fingerprint density at radius 3 is 2.50 bits per heavy atom. The lowest BCUT2D eigenvalue weighted by molar-refractivity contribution is 0.570. The van der Waals surface area contributed by atoms with Crippen LogP contribution in [-0.2, 0) is 34.0 Å². The lowest BCUT2D eigenvalue weighted by Crippen LogP contribution is -2.38. The van der Waals surface area contributed by atoms with Gasteiger partial charge in [0.1, 0.15) is 5.82 Å². The Balaban J connectivity index is 0.00000450. The van der Waals surface area contributed by atoms with Gasteiger partial charge >= 0.3 is 0 Å². The van der Waals surface area contributed by atoms with Crippen molar-refractivity contribution in [2.75, 3.05) is 19.8 Å². The predicted molar refractivity (Wildman–Crippen MR) is 133 cm³/mol. The van der Waals surface area contributed by atoms with Gasteiger partial charge in [-0.25, -0.2) is 17.8 Å². The summed E-state index contributed by atoms with van der Waals surface area (Å²) in [4.78, 5) is 8.84. The van der Waals surface area contributed by atoms with Gasteiger partial charge in [0.25, 0.3) is 0 Å². The summed E-state index contributed by atoms with van der Waals surface area (Å²) in [5.41, 5.74) is 2.29. The molecule has 0 amide bonds. The molecule has 0 spiro atoms. The third-order valence-corrected chi connectivity index (χ3v) is 5.95. The number of benzene rings is 1. The van der Waals surface area contributed by atoms with E-state index < -0.39 is 15.7 Å². The van der Waals surface area contributed by atoms with E-state index in [1.807, 2.05) is 0 Å². The number of nitrogens with zero attached hydrogens (tertiary/aromatic N) is 2. The molecule has 2 rings (SSSR count). The van der Waals surface area contributed by atoms with Crippen molar-refractivity contribution < 1.29 is 12.8 Å². The molecule has 0 radical (unpaired) electrons. The highest BCUT2D eigenvalue weighted by Gasteiger charge is 2.17. The van der Waals surface area contributed by atoms with Crippen molar-refractivity contribution in [3.8, 4) is 0 Å². The molecular weight excluding hydrogens is 538 g/mol. The molecule has 0 saturated heterocycles. The topological polar surface area (TPSA) is 83.4 Å². The Bertz CT molecular complexity index is 969. The summed E-state index contributed by atoms with van der Waals surface area (Å²) in [6, 6.07) is 4.14. The molecule has 1 heterocycles. The minimum Gasteiger partial charge on any atom is -0.356 e. The van der Waals surface area contributed by atoms with E-state index >= 15 is 0 Å². The molecule has 0 saturated carbocycles. The van der Waals surface area contributed by atoms with Crippen LogP contribution >= 0.6 is 35.3 Å². The van der Waals surface area contributed by atoms with E-state index in [1.165, 1.54) is 18.2 Å². The van der Waals surface area contributed by atoms with E-state index in [0.29, 0.717) is 23.6 Å². The number of nitrogens with one attached hydrogen (secondary N) is 2. The van der Waals surface area contributed by atoms with Gasteiger partial charge in [0.2, 0.25) is 0 Å². The number of hydrogen-bond acceptors (Lipinski definition) is 5. The van der Waals surface area contributed by atoms with Crippen molar-refractivity contribution >= 4 is 51.1 Å². The molecule has 0 fully saturated rings. The van der Waals surface area contributed by atoms with E-state index in [2.05, 4.69) is 46.8 Å². The van der Waals surface area contributed by atoms with E-state index in [0.717, 1.165) is 23.4 Å². The van der Waals surface area contributed by atoms with Crippen LogP contribution in [0.15, 0.2) is 28.6 Å². The van der Waals surface area contributed by atoms with Gasteiger partial charge in [-0.15, -0.1) is 35.3 Å². The molecule has 0 atom stereocenters. The van der Waals surface area contributed by atoms with Gasteiger partial charge in [-0.05, 0) is 23.3 Å². The molecule has 1 aromatic heterocycles. The molecule has 1 aromatic carbocycles. The Hall–Kier alpha value is -1.27. The molecule has 0 unspecified atom stereocenters. The Morgan fingerprint density at radius 1 is 1.23 bits per heavy atom. The van der Waals surface area contributed by atoms with Crippen LogP contribution in [-0.4, -0.2) is 39.2 Å². The summed E-state index contributed by atoms with van der Waals surface area (Å²) >= 11 is 1.64. The highest BCUT2D eigenvalue weighted by Crippen LogP contribution is 2.23. The second kappa shape index (κ2) is 11.4. The van der Waals surface area contributed by atoms with Crippen LogP contribution in [0.2, 0.25) is 0 Å². The molecule has 0 aliphatic heterocycles. The number of halogens is 2. The molecule has 30 heavy (non-hydrogen) atoms. The number of hydrogen-bond donors (Lipinski definition) is 2. The second-order valence-electron chi connectivity index (χ2n) is 7.96. The van der Waals surface area contributed by atoms with Gasteiger partial charge in [0.15, 0.2) is 15.8 Å². The lowest BCUT2D eigenvalue weighted by Gasteiger charge is -2.15. The van der Waals surface area contributed by atoms with Gasteiger partial charge in [-0.2, -0.15) is 0 Å². The largest absolute Gasteiger partial charge is 0.356 e. The van der Waals surface area contributed by atoms with Crippen molar-refractivity contribution in [3.63, 3.8) is 0 Å². The molecule has 0 bridgehead atoms.